The summed E-state index contributed by atoms with van der Waals surface area (Å²) in [6.45, 7) is 1.25. The Bertz CT molecular complexity index is 807. The Labute approximate surface area is 159 Å². The van der Waals surface area contributed by atoms with Crippen molar-refractivity contribution < 1.29 is 19.1 Å². The van der Waals surface area contributed by atoms with Gasteiger partial charge in [-0.05, 0) is 29.3 Å². The molecule has 2 amide bonds. The smallest absolute Gasteiger partial charge is 0.252 e. The second-order valence-electron chi connectivity index (χ2n) is 6.46. The van der Waals surface area contributed by atoms with Crippen molar-refractivity contribution in [2.45, 2.75) is 19.5 Å². The minimum atomic E-state index is -0.159. The Hall–Kier alpha value is -2.86. The Morgan fingerprint density at radius 1 is 1.11 bits per heavy atom. The Morgan fingerprint density at radius 2 is 1.89 bits per heavy atom. The van der Waals surface area contributed by atoms with Gasteiger partial charge in [0.2, 0.25) is 5.91 Å². The van der Waals surface area contributed by atoms with Crippen molar-refractivity contribution >= 4 is 17.5 Å². The summed E-state index contributed by atoms with van der Waals surface area (Å²) >= 11 is 0. The van der Waals surface area contributed by atoms with Crippen LogP contribution in [0.5, 0.6) is 5.75 Å². The monoisotopic (exact) mass is 368 g/mol. The van der Waals surface area contributed by atoms with E-state index in [9.17, 15) is 9.59 Å². The predicted molar refractivity (Wildman–Crippen MR) is 103 cm³/mol. The van der Waals surface area contributed by atoms with E-state index in [4.69, 9.17) is 9.47 Å². The van der Waals surface area contributed by atoms with E-state index in [-0.39, 0.29) is 24.8 Å². The maximum atomic E-state index is 12.8. The van der Waals surface area contributed by atoms with Crippen LogP contribution < -0.4 is 9.64 Å². The van der Waals surface area contributed by atoms with Crippen LogP contribution in [0.4, 0.5) is 5.69 Å². The van der Waals surface area contributed by atoms with E-state index in [0.29, 0.717) is 25.4 Å². The number of carbonyl (C=O) groups excluding carboxylic acids is 2. The molecule has 3 rings (SSSR count). The van der Waals surface area contributed by atoms with E-state index in [1.165, 1.54) is 7.11 Å². The van der Waals surface area contributed by atoms with Gasteiger partial charge in [0, 0.05) is 38.9 Å². The minimum Gasteiger partial charge on any atom is -0.497 e. The van der Waals surface area contributed by atoms with Gasteiger partial charge >= 0.3 is 0 Å². The number of fused-ring (bicyclic) bond motifs is 1. The van der Waals surface area contributed by atoms with Crippen molar-refractivity contribution in [1.82, 2.24) is 4.90 Å². The Balaban J connectivity index is 1.95. The van der Waals surface area contributed by atoms with Crippen LogP contribution in [0.2, 0.25) is 0 Å². The molecule has 0 bridgehead atoms. The van der Waals surface area contributed by atoms with Crippen LogP contribution in [0.15, 0.2) is 48.5 Å². The van der Waals surface area contributed by atoms with Crippen molar-refractivity contribution in [3.8, 4) is 5.75 Å². The van der Waals surface area contributed by atoms with Gasteiger partial charge in [-0.3, -0.25) is 9.59 Å². The highest BCUT2D eigenvalue weighted by Gasteiger charge is 2.26. The molecule has 142 valence electrons. The van der Waals surface area contributed by atoms with Crippen LogP contribution in [0.25, 0.3) is 0 Å². The molecule has 2 aromatic carbocycles. The molecule has 0 fully saturated rings. The third-order valence-electron chi connectivity index (χ3n) is 4.63. The number of rotatable bonds is 5. The standard InChI is InChI=1S/C21H24N2O4/c1-26-15-21(25)23-11-10-20(24)22(13-16-6-4-3-5-7-16)14-17-12-18(27-2)8-9-19(17)23/h3-9,12H,10-11,13-15H2,1-2H3. The Morgan fingerprint density at radius 3 is 2.59 bits per heavy atom. The van der Waals surface area contributed by atoms with Crippen molar-refractivity contribution in [2.75, 3.05) is 32.3 Å². The van der Waals surface area contributed by atoms with Gasteiger partial charge in [0.15, 0.2) is 0 Å². The molecule has 0 spiro atoms. The van der Waals surface area contributed by atoms with Crippen LogP contribution in [-0.4, -0.2) is 44.1 Å². The van der Waals surface area contributed by atoms with Crippen LogP contribution >= 0.6 is 0 Å². The first-order valence-electron chi connectivity index (χ1n) is 8.90. The summed E-state index contributed by atoms with van der Waals surface area (Å²) < 4.78 is 10.3. The van der Waals surface area contributed by atoms with Gasteiger partial charge in [0.25, 0.3) is 5.91 Å². The number of hydrogen-bond acceptors (Lipinski definition) is 4. The molecule has 6 heteroatoms. The molecule has 1 aliphatic heterocycles. The quantitative estimate of drug-likeness (QED) is 0.814. The molecule has 0 atom stereocenters. The minimum absolute atomic E-state index is 0.0162. The summed E-state index contributed by atoms with van der Waals surface area (Å²) in [7, 11) is 3.09. The summed E-state index contributed by atoms with van der Waals surface area (Å²) in [6.07, 6.45) is 0.272. The van der Waals surface area contributed by atoms with Crippen LogP contribution in [0, 0.1) is 0 Å². The molecule has 1 heterocycles. The van der Waals surface area contributed by atoms with Crippen molar-refractivity contribution in [3.63, 3.8) is 0 Å². The number of nitrogens with zero attached hydrogens (tertiary/aromatic N) is 2. The molecule has 0 unspecified atom stereocenters. The summed E-state index contributed by atoms with van der Waals surface area (Å²) in [5.74, 6) is 0.552. The van der Waals surface area contributed by atoms with E-state index in [2.05, 4.69) is 0 Å². The number of amides is 2. The average Bonchev–Trinajstić information content (AvgIpc) is 2.68. The normalized spacial score (nSPS) is 14.4. The maximum absolute atomic E-state index is 12.8. The first kappa shape index (κ1) is 18.9. The van der Waals surface area contributed by atoms with E-state index >= 15 is 0 Å². The van der Waals surface area contributed by atoms with Gasteiger partial charge < -0.3 is 19.3 Å². The van der Waals surface area contributed by atoms with Gasteiger partial charge in [0.1, 0.15) is 12.4 Å². The van der Waals surface area contributed by atoms with E-state index in [0.717, 1.165) is 16.8 Å². The maximum Gasteiger partial charge on any atom is 0.252 e. The fourth-order valence-electron chi connectivity index (χ4n) is 3.27. The molecule has 6 nitrogen and oxygen atoms in total. The van der Waals surface area contributed by atoms with Gasteiger partial charge in [-0.15, -0.1) is 0 Å². The summed E-state index contributed by atoms with van der Waals surface area (Å²) in [5.41, 5.74) is 2.74. The number of anilines is 1. The summed E-state index contributed by atoms with van der Waals surface area (Å²) in [5, 5.41) is 0. The van der Waals surface area contributed by atoms with E-state index in [1.807, 2.05) is 53.4 Å². The highest BCUT2D eigenvalue weighted by atomic mass is 16.5. The zero-order valence-electron chi connectivity index (χ0n) is 15.7. The largest absolute Gasteiger partial charge is 0.497 e. The molecule has 0 saturated carbocycles. The Kier molecular flexibility index (Phi) is 6.08. The number of ether oxygens (including phenoxy) is 2. The first-order valence-corrected chi connectivity index (χ1v) is 8.90. The molecular weight excluding hydrogens is 344 g/mol. The van der Waals surface area contributed by atoms with Crippen LogP contribution in [0.3, 0.4) is 0 Å². The topological polar surface area (TPSA) is 59.1 Å². The molecular formula is C21H24N2O4. The summed E-state index contributed by atoms with van der Waals surface area (Å²) in [4.78, 5) is 28.8. The molecule has 0 N–H and O–H groups in total. The fourth-order valence-corrected chi connectivity index (χ4v) is 3.27. The average molecular weight is 368 g/mol. The third-order valence-corrected chi connectivity index (χ3v) is 4.63. The highest BCUT2D eigenvalue weighted by molar-refractivity contribution is 5.96. The van der Waals surface area contributed by atoms with Crippen molar-refractivity contribution in [2.24, 2.45) is 0 Å². The van der Waals surface area contributed by atoms with Crippen molar-refractivity contribution in [3.05, 3.63) is 59.7 Å². The number of benzene rings is 2. The van der Waals surface area contributed by atoms with Gasteiger partial charge in [0.05, 0.1) is 7.11 Å². The van der Waals surface area contributed by atoms with Gasteiger partial charge in [-0.2, -0.15) is 0 Å². The zero-order valence-corrected chi connectivity index (χ0v) is 15.7. The molecule has 2 aromatic rings. The third kappa shape index (κ3) is 4.46. The van der Waals surface area contributed by atoms with Gasteiger partial charge in [-0.1, -0.05) is 30.3 Å². The molecule has 0 saturated heterocycles. The highest BCUT2D eigenvalue weighted by Crippen LogP contribution is 2.29. The lowest BCUT2D eigenvalue weighted by Gasteiger charge is -2.32. The van der Waals surface area contributed by atoms with Crippen molar-refractivity contribution in [1.29, 1.82) is 0 Å². The fraction of sp³-hybridized carbons (Fsp3) is 0.333. The molecule has 1 aliphatic rings. The second kappa shape index (κ2) is 8.68. The first-order chi connectivity index (χ1) is 13.1. The van der Waals surface area contributed by atoms with E-state index in [1.54, 1.807) is 12.0 Å². The molecule has 0 radical (unpaired) electrons. The lowest BCUT2D eigenvalue weighted by atomic mass is 10.1. The second-order valence-corrected chi connectivity index (χ2v) is 6.46. The lowest BCUT2D eigenvalue weighted by molar-refractivity contribution is -0.132. The summed E-state index contributed by atoms with van der Waals surface area (Å²) in [6, 6.07) is 15.5. The molecule has 0 aromatic heterocycles. The number of carbonyl (C=O) groups is 2. The van der Waals surface area contributed by atoms with E-state index < -0.39 is 0 Å². The lowest BCUT2D eigenvalue weighted by Crippen LogP contribution is -2.41. The SMILES string of the molecule is COCC(=O)N1CCC(=O)N(Cc2ccccc2)Cc2cc(OC)ccc21. The zero-order chi connectivity index (χ0) is 19.2. The molecule has 0 aliphatic carbocycles. The number of hydrogen-bond donors (Lipinski definition) is 0. The number of methoxy groups -OCH3 is 2. The van der Waals surface area contributed by atoms with Gasteiger partial charge in [-0.25, -0.2) is 0 Å². The van der Waals surface area contributed by atoms with Crippen LogP contribution in [-0.2, 0) is 27.4 Å². The predicted octanol–water partition coefficient (Wildman–Crippen LogP) is 2.61. The molecule has 27 heavy (non-hydrogen) atoms. The van der Waals surface area contributed by atoms with Crippen LogP contribution in [0.1, 0.15) is 17.5 Å².